The van der Waals surface area contributed by atoms with Gasteiger partial charge >= 0.3 is 0 Å². The molecule has 0 saturated carbocycles. The monoisotopic (exact) mass is 408 g/mol. The summed E-state index contributed by atoms with van der Waals surface area (Å²) < 4.78 is 11.3. The van der Waals surface area contributed by atoms with Crippen molar-refractivity contribution in [1.82, 2.24) is 4.98 Å². The van der Waals surface area contributed by atoms with E-state index >= 15 is 0 Å². The van der Waals surface area contributed by atoms with Crippen LogP contribution in [-0.4, -0.2) is 23.8 Å². The predicted molar refractivity (Wildman–Crippen MR) is 117 cm³/mol. The lowest BCUT2D eigenvalue weighted by Crippen LogP contribution is -2.22. The highest BCUT2D eigenvalue weighted by Crippen LogP contribution is 2.31. The molecule has 6 heteroatoms. The largest absolute Gasteiger partial charge is 0.493 e. The van der Waals surface area contributed by atoms with Crippen LogP contribution in [0, 0.1) is 5.92 Å². The summed E-state index contributed by atoms with van der Waals surface area (Å²) in [6, 6.07) is 19.3. The van der Waals surface area contributed by atoms with Crippen LogP contribution in [0.4, 0.5) is 5.69 Å². The lowest BCUT2D eigenvalue weighted by molar-refractivity contribution is -0.118. The number of carbonyl (C=O) groups is 1. The predicted octanol–water partition coefficient (Wildman–Crippen LogP) is 5.04. The Kier molecular flexibility index (Phi) is 7.53. The topological polar surface area (TPSA) is 60.5 Å². The third-order valence-corrected chi connectivity index (χ3v) is 5.51. The molecule has 3 rings (SSSR count). The van der Waals surface area contributed by atoms with Gasteiger partial charge in [0.15, 0.2) is 11.5 Å². The fourth-order valence-electron chi connectivity index (χ4n) is 2.59. The maximum Gasteiger partial charge on any atom is 0.228 e. The van der Waals surface area contributed by atoms with Gasteiger partial charge in [-0.1, -0.05) is 31.2 Å². The maximum atomic E-state index is 12.6. The van der Waals surface area contributed by atoms with Crippen molar-refractivity contribution in [1.29, 1.82) is 0 Å². The number of rotatable bonds is 9. The number of aromatic nitrogens is 1. The second-order valence-corrected chi connectivity index (χ2v) is 7.62. The van der Waals surface area contributed by atoms with Crippen LogP contribution >= 0.6 is 11.8 Å². The standard InChI is InChI=1S/C23H24N2O3S/c1-17(16-29-20-8-4-3-5-9-20)23(26)25-19-10-11-21(27-2)22(13-19)28-15-18-7-6-12-24-14-18/h3-14,17H,15-16H2,1-2H3,(H,25,26). The molecular weight excluding hydrogens is 384 g/mol. The highest BCUT2D eigenvalue weighted by Gasteiger charge is 2.15. The average Bonchev–Trinajstić information content (AvgIpc) is 2.77. The Balaban J connectivity index is 1.60. The molecule has 1 unspecified atom stereocenters. The molecule has 0 aliphatic carbocycles. The summed E-state index contributed by atoms with van der Waals surface area (Å²) in [5, 5.41) is 2.97. The van der Waals surface area contributed by atoms with E-state index in [2.05, 4.69) is 10.3 Å². The molecule has 1 aromatic heterocycles. The number of methoxy groups -OCH3 is 1. The molecule has 1 heterocycles. The number of amides is 1. The highest BCUT2D eigenvalue weighted by molar-refractivity contribution is 7.99. The molecule has 0 bridgehead atoms. The van der Waals surface area contributed by atoms with Gasteiger partial charge in [0.2, 0.25) is 5.91 Å². The van der Waals surface area contributed by atoms with E-state index in [0.717, 1.165) is 10.5 Å². The molecule has 0 saturated heterocycles. The van der Waals surface area contributed by atoms with Crippen LogP contribution in [0.3, 0.4) is 0 Å². The van der Waals surface area contributed by atoms with E-state index in [1.165, 1.54) is 0 Å². The molecule has 2 aromatic carbocycles. The molecule has 0 aliphatic heterocycles. The van der Waals surface area contributed by atoms with E-state index in [0.29, 0.717) is 29.5 Å². The molecule has 29 heavy (non-hydrogen) atoms. The summed E-state index contributed by atoms with van der Waals surface area (Å²) in [7, 11) is 1.59. The van der Waals surface area contributed by atoms with Gasteiger partial charge in [-0.05, 0) is 30.3 Å². The summed E-state index contributed by atoms with van der Waals surface area (Å²) in [4.78, 5) is 17.8. The summed E-state index contributed by atoms with van der Waals surface area (Å²) >= 11 is 1.67. The third-order valence-electron chi connectivity index (χ3n) is 4.24. The lowest BCUT2D eigenvalue weighted by atomic mass is 10.2. The zero-order chi connectivity index (χ0) is 20.5. The van der Waals surface area contributed by atoms with Crippen molar-refractivity contribution in [3.05, 3.63) is 78.6 Å². The van der Waals surface area contributed by atoms with Crippen LogP contribution in [0.1, 0.15) is 12.5 Å². The van der Waals surface area contributed by atoms with E-state index in [1.54, 1.807) is 43.4 Å². The molecule has 3 aromatic rings. The van der Waals surface area contributed by atoms with Gasteiger partial charge in [-0.15, -0.1) is 11.8 Å². The molecule has 0 aliphatic rings. The van der Waals surface area contributed by atoms with Gasteiger partial charge < -0.3 is 14.8 Å². The molecule has 1 atom stereocenters. The lowest BCUT2D eigenvalue weighted by Gasteiger charge is -2.15. The van der Waals surface area contributed by atoms with Crippen LogP contribution < -0.4 is 14.8 Å². The Labute approximate surface area is 175 Å². The Morgan fingerprint density at radius 3 is 2.66 bits per heavy atom. The second kappa shape index (κ2) is 10.5. The second-order valence-electron chi connectivity index (χ2n) is 6.53. The fourth-order valence-corrected chi connectivity index (χ4v) is 3.53. The van der Waals surface area contributed by atoms with Gasteiger partial charge in [0.25, 0.3) is 0 Å². The van der Waals surface area contributed by atoms with Gasteiger partial charge in [-0.3, -0.25) is 9.78 Å². The average molecular weight is 409 g/mol. The Morgan fingerprint density at radius 1 is 1.10 bits per heavy atom. The summed E-state index contributed by atoms with van der Waals surface area (Å²) in [6.07, 6.45) is 3.47. The zero-order valence-corrected chi connectivity index (χ0v) is 17.3. The van der Waals surface area contributed by atoms with Gasteiger partial charge in [-0.25, -0.2) is 0 Å². The van der Waals surface area contributed by atoms with Crippen molar-refractivity contribution in [2.24, 2.45) is 5.92 Å². The minimum Gasteiger partial charge on any atom is -0.493 e. The number of nitrogens with one attached hydrogen (secondary N) is 1. The number of ether oxygens (including phenoxy) is 2. The number of anilines is 1. The molecule has 0 fully saturated rings. The molecule has 5 nitrogen and oxygen atoms in total. The minimum atomic E-state index is -0.137. The third kappa shape index (κ3) is 6.26. The number of carbonyl (C=O) groups excluding carboxylic acids is 1. The molecular formula is C23H24N2O3S. The number of hydrogen-bond donors (Lipinski definition) is 1. The van der Waals surface area contributed by atoms with Crippen molar-refractivity contribution >= 4 is 23.4 Å². The van der Waals surface area contributed by atoms with Crippen molar-refractivity contribution in [2.75, 3.05) is 18.2 Å². The van der Waals surface area contributed by atoms with Crippen molar-refractivity contribution in [3.63, 3.8) is 0 Å². The van der Waals surface area contributed by atoms with E-state index in [9.17, 15) is 4.79 Å². The maximum absolute atomic E-state index is 12.6. The van der Waals surface area contributed by atoms with E-state index in [1.807, 2.05) is 55.5 Å². The molecule has 0 spiro atoms. The van der Waals surface area contributed by atoms with Gasteiger partial charge in [0.05, 0.1) is 7.11 Å². The van der Waals surface area contributed by atoms with E-state index in [4.69, 9.17) is 9.47 Å². The van der Waals surface area contributed by atoms with Crippen LogP contribution in [0.5, 0.6) is 11.5 Å². The Morgan fingerprint density at radius 2 is 1.93 bits per heavy atom. The summed E-state index contributed by atoms with van der Waals surface area (Å²) in [5.74, 6) is 1.72. The Hall–Kier alpha value is -2.99. The Bertz CT molecular complexity index is 920. The number of thioether (sulfide) groups is 1. The molecule has 1 N–H and O–H groups in total. The first-order chi connectivity index (χ1) is 14.2. The molecule has 150 valence electrons. The molecule has 0 radical (unpaired) electrons. The number of nitrogens with zero attached hydrogens (tertiary/aromatic N) is 1. The zero-order valence-electron chi connectivity index (χ0n) is 16.5. The van der Waals surface area contributed by atoms with Crippen LogP contribution in [0.2, 0.25) is 0 Å². The van der Waals surface area contributed by atoms with Crippen LogP contribution in [-0.2, 0) is 11.4 Å². The van der Waals surface area contributed by atoms with Gasteiger partial charge in [-0.2, -0.15) is 0 Å². The van der Waals surface area contributed by atoms with Crippen LogP contribution in [0.25, 0.3) is 0 Å². The number of pyridine rings is 1. The minimum absolute atomic E-state index is 0.0307. The van der Waals surface area contributed by atoms with E-state index < -0.39 is 0 Å². The van der Waals surface area contributed by atoms with Crippen molar-refractivity contribution in [2.45, 2.75) is 18.4 Å². The smallest absolute Gasteiger partial charge is 0.228 e. The SMILES string of the molecule is COc1ccc(NC(=O)C(C)CSc2ccccc2)cc1OCc1cccnc1. The first-order valence-electron chi connectivity index (χ1n) is 9.34. The van der Waals surface area contributed by atoms with Gasteiger partial charge in [0.1, 0.15) is 6.61 Å². The summed E-state index contributed by atoms with van der Waals surface area (Å²) in [6.45, 7) is 2.29. The summed E-state index contributed by atoms with van der Waals surface area (Å²) in [5.41, 5.74) is 1.63. The first-order valence-corrected chi connectivity index (χ1v) is 10.3. The van der Waals surface area contributed by atoms with Crippen molar-refractivity contribution < 1.29 is 14.3 Å². The number of benzene rings is 2. The quantitative estimate of drug-likeness (QED) is 0.503. The van der Waals surface area contributed by atoms with E-state index in [-0.39, 0.29) is 11.8 Å². The number of hydrogen-bond acceptors (Lipinski definition) is 5. The fraction of sp³-hybridized carbons (Fsp3) is 0.217. The van der Waals surface area contributed by atoms with Gasteiger partial charge in [0, 0.05) is 46.3 Å². The highest BCUT2D eigenvalue weighted by atomic mass is 32.2. The first kappa shape index (κ1) is 20.7. The molecule has 1 amide bonds. The van der Waals surface area contributed by atoms with Crippen molar-refractivity contribution in [3.8, 4) is 11.5 Å². The van der Waals surface area contributed by atoms with Crippen LogP contribution in [0.15, 0.2) is 78.0 Å². The normalized spacial score (nSPS) is 11.5.